The van der Waals surface area contributed by atoms with Gasteiger partial charge in [0.25, 0.3) is 5.91 Å². The van der Waals surface area contributed by atoms with E-state index in [2.05, 4.69) is 0 Å². The third-order valence-electron chi connectivity index (χ3n) is 3.89. The topological polar surface area (TPSA) is 20.3 Å². The third kappa shape index (κ3) is 3.69. The first-order valence-electron chi connectivity index (χ1n) is 7.79. The lowest BCUT2D eigenvalue weighted by Crippen LogP contribution is -2.26. The van der Waals surface area contributed by atoms with Crippen LogP contribution in [0.3, 0.4) is 0 Å². The zero-order chi connectivity index (χ0) is 16.9. The predicted octanol–water partition coefficient (Wildman–Crippen LogP) is 4.76. The van der Waals surface area contributed by atoms with E-state index in [-0.39, 0.29) is 11.7 Å². The Balaban J connectivity index is 1.72. The molecule has 0 atom stereocenters. The maximum Gasteiger partial charge on any atom is 0.253 e. The molecule has 3 aromatic carbocycles. The molecule has 0 unspecified atom stereocenters. The van der Waals surface area contributed by atoms with Crippen LogP contribution in [-0.4, -0.2) is 17.9 Å². The number of carbonyl (C=O) groups is 1. The molecule has 2 nitrogen and oxygen atoms in total. The summed E-state index contributed by atoms with van der Waals surface area (Å²) in [5, 5.41) is 0. The van der Waals surface area contributed by atoms with Gasteiger partial charge in [-0.15, -0.1) is 0 Å². The van der Waals surface area contributed by atoms with Crippen LogP contribution < -0.4 is 0 Å². The van der Waals surface area contributed by atoms with Gasteiger partial charge in [0.15, 0.2) is 0 Å². The summed E-state index contributed by atoms with van der Waals surface area (Å²) in [6, 6.07) is 23.9. The second kappa shape index (κ2) is 7.09. The molecule has 0 aliphatic heterocycles. The van der Waals surface area contributed by atoms with Gasteiger partial charge in [-0.1, -0.05) is 54.6 Å². The number of carbonyl (C=O) groups excluding carboxylic acids is 1. The first-order chi connectivity index (χ1) is 11.6. The SMILES string of the molecule is CN(Cc1cccc(F)c1)C(=O)c1ccc(-c2ccccc2)cc1. The summed E-state index contributed by atoms with van der Waals surface area (Å²) >= 11 is 0. The van der Waals surface area contributed by atoms with Gasteiger partial charge in [0.05, 0.1) is 0 Å². The van der Waals surface area contributed by atoms with E-state index in [0.29, 0.717) is 12.1 Å². The van der Waals surface area contributed by atoms with Crippen molar-refractivity contribution in [3.63, 3.8) is 0 Å². The summed E-state index contributed by atoms with van der Waals surface area (Å²) in [7, 11) is 1.72. The van der Waals surface area contributed by atoms with Gasteiger partial charge in [-0.3, -0.25) is 4.79 Å². The van der Waals surface area contributed by atoms with E-state index in [4.69, 9.17) is 0 Å². The zero-order valence-corrected chi connectivity index (χ0v) is 13.4. The van der Waals surface area contributed by atoms with Crippen molar-refractivity contribution in [3.8, 4) is 11.1 Å². The molecule has 0 heterocycles. The molecule has 120 valence electrons. The third-order valence-corrected chi connectivity index (χ3v) is 3.89. The number of nitrogens with zero attached hydrogens (tertiary/aromatic N) is 1. The van der Waals surface area contributed by atoms with Crippen LogP contribution in [0.1, 0.15) is 15.9 Å². The fourth-order valence-corrected chi connectivity index (χ4v) is 2.64. The highest BCUT2D eigenvalue weighted by molar-refractivity contribution is 5.94. The standard InChI is InChI=1S/C21H18FNO/c1-23(15-16-6-5-9-20(22)14-16)21(24)19-12-10-18(11-13-19)17-7-3-2-4-8-17/h2-14H,15H2,1H3. The van der Waals surface area contributed by atoms with Crippen molar-refractivity contribution in [1.82, 2.24) is 4.90 Å². The molecule has 0 aliphatic rings. The Hall–Kier alpha value is -2.94. The number of benzene rings is 3. The number of amides is 1. The molecule has 3 heteroatoms. The Morgan fingerprint density at radius 1 is 0.875 bits per heavy atom. The highest BCUT2D eigenvalue weighted by atomic mass is 19.1. The Morgan fingerprint density at radius 3 is 2.21 bits per heavy atom. The van der Waals surface area contributed by atoms with Gasteiger partial charge < -0.3 is 4.90 Å². The van der Waals surface area contributed by atoms with E-state index in [1.54, 1.807) is 18.0 Å². The number of rotatable bonds is 4. The van der Waals surface area contributed by atoms with E-state index in [9.17, 15) is 9.18 Å². The van der Waals surface area contributed by atoms with Gasteiger partial charge in [0, 0.05) is 19.2 Å². The maximum atomic E-state index is 13.2. The minimum Gasteiger partial charge on any atom is -0.337 e. The molecule has 0 aliphatic carbocycles. The van der Waals surface area contributed by atoms with Crippen molar-refractivity contribution < 1.29 is 9.18 Å². The molecule has 24 heavy (non-hydrogen) atoms. The van der Waals surface area contributed by atoms with Crippen LogP contribution in [0, 0.1) is 5.82 Å². The molecule has 0 spiro atoms. The van der Waals surface area contributed by atoms with Crippen molar-refractivity contribution in [3.05, 3.63) is 95.8 Å². The quantitative estimate of drug-likeness (QED) is 0.678. The summed E-state index contributed by atoms with van der Waals surface area (Å²) in [4.78, 5) is 14.1. The van der Waals surface area contributed by atoms with E-state index in [1.165, 1.54) is 12.1 Å². The van der Waals surface area contributed by atoms with E-state index < -0.39 is 0 Å². The average molecular weight is 319 g/mol. The number of hydrogen-bond acceptors (Lipinski definition) is 1. The lowest BCUT2D eigenvalue weighted by atomic mass is 10.0. The molecule has 3 aromatic rings. The van der Waals surface area contributed by atoms with Crippen molar-refractivity contribution in [2.24, 2.45) is 0 Å². The first kappa shape index (κ1) is 15.9. The number of halogens is 1. The van der Waals surface area contributed by atoms with Crippen LogP contribution in [0.2, 0.25) is 0 Å². The molecule has 3 rings (SSSR count). The summed E-state index contributed by atoms with van der Waals surface area (Å²) in [6.45, 7) is 0.372. The van der Waals surface area contributed by atoms with Crippen molar-refractivity contribution in [2.45, 2.75) is 6.54 Å². The highest BCUT2D eigenvalue weighted by Gasteiger charge is 2.12. The van der Waals surface area contributed by atoms with Crippen LogP contribution in [-0.2, 0) is 6.54 Å². The molecule has 0 N–H and O–H groups in total. The van der Waals surface area contributed by atoms with E-state index in [1.807, 2.05) is 60.7 Å². The molecule has 0 bridgehead atoms. The fourth-order valence-electron chi connectivity index (χ4n) is 2.64. The largest absolute Gasteiger partial charge is 0.337 e. The predicted molar refractivity (Wildman–Crippen MR) is 94.1 cm³/mol. The molecule has 0 radical (unpaired) electrons. The van der Waals surface area contributed by atoms with Crippen LogP contribution >= 0.6 is 0 Å². The van der Waals surface area contributed by atoms with Crippen LogP contribution in [0.5, 0.6) is 0 Å². The van der Waals surface area contributed by atoms with Gasteiger partial charge in [0.2, 0.25) is 0 Å². The van der Waals surface area contributed by atoms with E-state index >= 15 is 0 Å². The molecule has 1 amide bonds. The molecule has 0 aromatic heterocycles. The normalized spacial score (nSPS) is 10.4. The summed E-state index contributed by atoms with van der Waals surface area (Å²) in [5.74, 6) is -0.376. The molecule has 0 fully saturated rings. The minimum atomic E-state index is -0.291. The molecule has 0 saturated heterocycles. The summed E-state index contributed by atoms with van der Waals surface area (Å²) in [5.41, 5.74) is 3.57. The second-order valence-electron chi connectivity index (χ2n) is 5.73. The van der Waals surface area contributed by atoms with Crippen LogP contribution in [0.15, 0.2) is 78.9 Å². The maximum absolute atomic E-state index is 13.2. The van der Waals surface area contributed by atoms with Crippen molar-refractivity contribution in [1.29, 1.82) is 0 Å². The Morgan fingerprint density at radius 2 is 1.54 bits per heavy atom. The molecular formula is C21H18FNO. The van der Waals surface area contributed by atoms with Gasteiger partial charge >= 0.3 is 0 Å². The lowest BCUT2D eigenvalue weighted by Gasteiger charge is -2.17. The van der Waals surface area contributed by atoms with E-state index in [0.717, 1.165) is 16.7 Å². The zero-order valence-electron chi connectivity index (χ0n) is 13.4. The smallest absolute Gasteiger partial charge is 0.253 e. The summed E-state index contributed by atoms with van der Waals surface area (Å²) in [6.07, 6.45) is 0. The fraction of sp³-hybridized carbons (Fsp3) is 0.0952. The number of hydrogen-bond donors (Lipinski definition) is 0. The lowest BCUT2D eigenvalue weighted by molar-refractivity contribution is 0.0785. The Kier molecular flexibility index (Phi) is 4.71. The molecule has 0 saturated carbocycles. The monoisotopic (exact) mass is 319 g/mol. The van der Waals surface area contributed by atoms with Crippen molar-refractivity contribution >= 4 is 5.91 Å². The van der Waals surface area contributed by atoms with Gasteiger partial charge in [-0.25, -0.2) is 4.39 Å². The highest BCUT2D eigenvalue weighted by Crippen LogP contribution is 2.20. The van der Waals surface area contributed by atoms with Crippen LogP contribution in [0.25, 0.3) is 11.1 Å². The summed E-state index contributed by atoms with van der Waals surface area (Å²) < 4.78 is 13.2. The second-order valence-corrected chi connectivity index (χ2v) is 5.73. The van der Waals surface area contributed by atoms with Gasteiger partial charge in [0.1, 0.15) is 5.82 Å². The van der Waals surface area contributed by atoms with Crippen LogP contribution in [0.4, 0.5) is 4.39 Å². The average Bonchev–Trinajstić information content (AvgIpc) is 2.62. The molecular weight excluding hydrogens is 301 g/mol. The van der Waals surface area contributed by atoms with Gasteiger partial charge in [-0.05, 0) is 41.0 Å². The Labute approximate surface area is 141 Å². The van der Waals surface area contributed by atoms with Crippen molar-refractivity contribution in [2.75, 3.05) is 7.05 Å². The van der Waals surface area contributed by atoms with Gasteiger partial charge in [-0.2, -0.15) is 0 Å². The Bertz CT molecular complexity index is 828. The first-order valence-corrected chi connectivity index (χ1v) is 7.79. The minimum absolute atomic E-state index is 0.0844.